The smallest absolute Gasteiger partial charge is 0.114 e. The third kappa shape index (κ3) is 5.02. The van der Waals surface area contributed by atoms with E-state index in [2.05, 4.69) is 211 Å². The van der Waals surface area contributed by atoms with E-state index in [9.17, 15) is 0 Å². The summed E-state index contributed by atoms with van der Waals surface area (Å²) in [5, 5.41) is 4.97. The van der Waals surface area contributed by atoms with Crippen molar-refractivity contribution in [2.45, 2.75) is 13.3 Å². The molecule has 0 unspecified atom stereocenters. The summed E-state index contributed by atoms with van der Waals surface area (Å²) < 4.78 is 2.37. The molecule has 3 nitrogen and oxygen atoms in total. The van der Waals surface area contributed by atoms with Crippen LogP contribution >= 0.6 is 0 Å². The number of aryl methyl sites for hydroxylation is 1. The van der Waals surface area contributed by atoms with Crippen molar-refractivity contribution in [3.63, 3.8) is 0 Å². The minimum Gasteiger partial charge on any atom is -0.306 e. The Morgan fingerprint density at radius 2 is 0.964 bits per heavy atom. The van der Waals surface area contributed by atoms with Gasteiger partial charge in [-0.25, -0.2) is 4.98 Å². The maximum absolute atomic E-state index is 5.10. The monoisotopic (exact) mass is 715 g/mol. The lowest BCUT2D eigenvalue weighted by atomic mass is 9.84. The first-order valence-electron chi connectivity index (χ1n) is 19.5. The van der Waals surface area contributed by atoms with Crippen LogP contribution in [0.15, 0.2) is 194 Å². The molecule has 0 bridgehead atoms. The number of benzene rings is 9. The van der Waals surface area contributed by atoms with Crippen molar-refractivity contribution in [1.29, 1.82) is 0 Å². The lowest BCUT2D eigenvalue weighted by Crippen LogP contribution is -2.19. The Morgan fingerprint density at radius 3 is 1.71 bits per heavy atom. The van der Waals surface area contributed by atoms with E-state index in [0.29, 0.717) is 0 Å². The molecule has 56 heavy (non-hydrogen) atoms. The van der Waals surface area contributed by atoms with Crippen molar-refractivity contribution in [2.75, 3.05) is 4.90 Å². The van der Waals surface area contributed by atoms with E-state index >= 15 is 0 Å². The number of hydrogen-bond donors (Lipinski definition) is 0. The highest BCUT2D eigenvalue weighted by Crippen LogP contribution is 2.49. The number of para-hydroxylation sites is 2. The molecule has 1 aromatic heterocycles. The summed E-state index contributed by atoms with van der Waals surface area (Å²) in [4.78, 5) is 7.51. The van der Waals surface area contributed by atoms with Gasteiger partial charge in [-0.2, -0.15) is 0 Å². The first-order valence-corrected chi connectivity index (χ1v) is 19.5. The molecule has 2 heterocycles. The average Bonchev–Trinajstić information content (AvgIpc) is 3.66. The Labute approximate surface area is 326 Å². The van der Waals surface area contributed by atoms with Gasteiger partial charge in [-0.1, -0.05) is 153 Å². The van der Waals surface area contributed by atoms with Crippen molar-refractivity contribution >= 4 is 49.6 Å². The topological polar surface area (TPSA) is 21.1 Å². The molecule has 0 fully saturated rings. The van der Waals surface area contributed by atoms with Gasteiger partial charge in [-0.05, 0) is 115 Å². The van der Waals surface area contributed by atoms with E-state index in [1.54, 1.807) is 0 Å². The fourth-order valence-corrected chi connectivity index (χ4v) is 8.96. The molecule has 0 amide bonds. The highest BCUT2D eigenvalue weighted by atomic mass is 15.2. The normalized spacial score (nSPS) is 12.1. The molecule has 0 N–H and O–H groups in total. The van der Waals surface area contributed by atoms with E-state index in [0.717, 1.165) is 46.0 Å². The molecule has 9 aromatic carbocycles. The van der Waals surface area contributed by atoms with Crippen molar-refractivity contribution in [1.82, 2.24) is 9.55 Å². The molecule has 11 rings (SSSR count). The Hall–Kier alpha value is -7.23. The standard InChI is InChI=1S/C53H37N3/c1-2-50-54-46-26-15-27-48-53(46)56(50)47-31-29-39(34-49(47)55(48)41-22-10-5-11-23-41)38-28-30-44-45(33-38)52(40-21-14-20-37(32-40)35-16-6-3-7-17-35)43-25-13-12-24-42(43)51(44)36-18-8-4-9-19-36/h3-34H,2H2,1H3. The van der Waals surface area contributed by atoms with Crippen LogP contribution in [0.1, 0.15) is 12.7 Å². The molecule has 10 aromatic rings. The number of fused-ring (bicyclic) bond motifs is 4. The first kappa shape index (κ1) is 32.2. The Bertz CT molecular complexity index is 3110. The number of anilines is 3. The van der Waals surface area contributed by atoms with Crippen LogP contribution in [0, 0.1) is 0 Å². The highest BCUT2D eigenvalue weighted by Gasteiger charge is 2.29. The van der Waals surface area contributed by atoms with Crippen LogP contribution in [0.3, 0.4) is 0 Å². The molecule has 0 saturated heterocycles. The molecule has 1 aliphatic heterocycles. The van der Waals surface area contributed by atoms with Gasteiger partial charge < -0.3 is 4.90 Å². The minimum atomic E-state index is 0.845. The summed E-state index contributed by atoms with van der Waals surface area (Å²) in [6.45, 7) is 2.19. The molecule has 0 atom stereocenters. The molecule has 0 aliphatic carbocycles. The zero-order chi connectivity index (χ0) is 37.2. The average molecular weight is 716 g/mol. The van der Waals surface area contributed by atoms with Gasteiger partial charge in [0.05, 0.1) is 28.1 Å². The lowest BCUT2D eigenvalue weighted by molar-refractivity contribution is 0.900. The number of nitrogens with zero attached hydrogens (tertiary/aromatic N) is 3. The van der Waals surface area contributed by atoms with E-state index in [4.69, 9.17) is 4.98 Å². The maximum Gasteiger partial charge on any atom is 0.114 e. The van der Waals surface area contributed by atoms with Gasteiger partial charge in [0.15, 0.2) is 0 Å². The summed E-state index contributed by atoms with van der Waals surface area (Å²) >= 11 is 0. The Morgan fingerprint density at radius 1 is 0.393 bits per heavy atom. The highest BCUT2D eigenvalue weighted by molar-refractivity contribution is 6.22. The molecule has 3 heteroatoms. The van der Waals surface area contributed by atoms with Crippen LogP contribution in [0.25, 0.3) is 82.8 Å². The van der Waals surface area contributed by atoms with E-state index in [1.165, 1.54) is 66.1 Å². The van der Waals surface area contributed by atoms with Crippen LogP contribution in [-0.4, -0.2) is 9.55 Å². The second kappa shape index (κ2) is 13.0. The first-order chi connectivity index (χ1) is 27.7. The van der Waals surface area contributed by atoms with Crippen molar-refractivity contribution in [3.8, 4) is 50.2 Å². The predicted octanol–water partition coefficient (Wildman–Crippen LogP) is 14.3. The van der Waals surface area contributed by atoms with Gasteiger partial charge in [0.2, 0.25) is 0 Å². The third-order valence-corrected chi connectivity index (χ3v) is 11.4. The fourth-order valence-electron chi connectivity index (χ4n) is 8.96. The Kier molecular flexibility index (Phi) is 7.46. The van der Waals surface area contributed by atoms with Gasteiger partial charge in [0.25, 0.3) is 0 Å². The quantitative estimate of drug-likeness (QED) is 0.160. The molecule has 0 spiro atoms. The van der Waals surface area contributed by atoms with Crippen molar-refractivity contribution in [2.24, 2.45) is 0 Å². The van der Waals surface area contributed by atoms with E-state index in [-0.39, 0.29) is 0 Å². The number of imidazole rings is 1. The molecule has 0 saturated carbocycles. The van der Waals surface area contributed by atoms with Crippen LogP contribution in [0.2, 0.25) is 0 Å². The van der Waals surface area contributed by atoms with E-state index < -0.39 is 0 Å². The second-order valence-corrected chi connectivity index (χ2v) is 14.6. The van der Waals surface area contributed by atoms with Gasteiger partial charge in [0.1, 0.15) is 5.82 Å². The fraction of sp³-hybridized carbons (Fsp3) is 0.0377. The number of rotatable bonds is 6. The van der Waals surface area contributed by atoms with Gasteiger partial charge in [0, 0.05) is 12.1 Å². The second-order valence-electron chi connectivity index (χ2n) is 14.6. The van der Waals surface area contributed by atoms with Gasteiger partial charge >= 0.3 is 0 Å². The SMILES string of the molecule is CCc1nc2cccc3c2n1-c1ccc(-c2ccc4c(-c5ccccc5)c5ccccc5c(-c5cccc(-c6ccccc6)c5)c4c2)cc1N3c1ccccc1. The molecule has 0 radical (unpaired) electrons. The Balaban J connectivity index is 1.18. The van der Waals surface area contributed by atoms with Crippen LogP contribution in [0.5, 0.6) is 0 Å². The van der Waals surface area contributed by atoms with Crippen molar-refractivity contribution in [3.05, 3.63) is 200 Å². The summed E-state index contributed by atoms with van der Waals surface area (Å²) in [5.41, 5.74) is 16.4. The lowest BCUT2D eigenvalue weighted by Gasteiger charge is -2.33. The van der Waals surface area contributed by atoms with Crippen LogP contribution in [-0.2, 0) is 6.42 Å². The molecular formula is C53H37N3. The third-order valence-electron chi connectivity index (χ3n) is 11.4. The van der Waals surface area contributed by atoms with Crippen LogP contribution < -0.4 is 4.90 Å². The summed E-state index contributed by atoms with van der Waals surface area (Å²) in [7, 11) is 0. The molecule has 1 aliphatic rings. The van der Waals surface area contributed by atoms with Gasteiger partial charge in [-0.3, -0.25) is 4.57 Å². The number of hydrogen-bond acceptors (Lipinski definition) is 2. The minimum absolute atomic E-state index is 0.845. The van der Waals surface area contributed by atoms with Crippen molar-refractivity contribution < 1.29 is 0 Å². The molecule has 264 valence electrons. The number of aromatic nitrogens is 2. The zero-order valence-electron chi connectivity index (χ0n) is 31.0. The predicted molar refractivity (Wildman–Crippen MR) is 235 cm³/mol. The summed E-state index contributed by atoms with van der Waals surface area (Å²) in [6, 6.07) is 70.8. The van der Waals surface area contributed by atoms with E-state index in [1.807, 2.05) is 0 Å². The van der Waals surface area contributed by atoms with Crippen LogP contribution in [0.4, 0.5) is 17.1 Å². The maximum atomic E-state index is 5.10. The largest absolute Gasteiger partial charge is 0.306 e. The summed E-state index contributed by atoms with van der Waals surface area (Å²) in [5.74, 6) is 1.07. The zero-order valence-corrected chi connectivity index (χ0v) is 31.0. The summed E-state index contributed by atoms with van der Waals surface area (Å²) in [6.07, 6.45) is 0.845. The molecular weight excluding hydrogens is 679 g/mol. The van der Waals surface area contributed by atoms with Gasteiger partial charge in [-0.15, -0.1) is 0 Å².